The van der Waals surface area contributed by atoms with Gasteiger partial charge in [0, 0.05) is 6.07 Å². The molecule has 0 aliphatic carbocycles. The van der Waals surface area contributed by atoms with Crippen LogP contribution in [0, 0.1) is 6.92 Å². The van der Waals surface area contributed by atoms with Crippen LogP contribution in [0.25, 0.3) is 6.08 Å². The molecule has 1 aromatic heterocycles. The Bertz CT molecular complexity index is 240. The topological polar surface area (TPSA) is 60.8 Å². The maximum atomic E-state index is 5.63. The van der Waals surface area contributed by atoms with Crippen molar-refractivity contribution in [3.8, 4) is 0 Å². The molecule has 0 amide bonds. The van der Waals surface area contributed by atoms with E-state index in [2.05, 4.69) is 16.5 Å². The third-order valence-electron chi connectivity index (χ3n) is 1.04. The summed E-state index contributed by atoms with van der Waals surface area (Å²) in [4.78, 5) is 7.93. The van der Waals surface area contributed by atoms with Crippen molar-refractivity contribution in [1.29, 1.82) is 0 Å². The molecule has 0 aromatic carbocycles. The summed E-state index contributed by atoms with van der Waals surface area (Å²) in [5.41, 5.74) is 0.762. The molecule has 0 saturated carbocycles. The van der Waals surface area contributed by atoms with Crippen LogP contribution >= 0.6 is 11.6 Å². The van der Waals surface area contributed by atoms with Crippen molar-refractivity contribution in [2.75, 3.05) is 0 Å². The molecule has 1 rings (SSSR count). The SMILES string of the molecule is C=Cc1cc(Cl)nc(C)n1.N. The van der Waals surface area contributed by atoms with Crippen molar-refractivity contribution in [1.82, 2.24) is 16.1 Å². The highest BCUT2D eigenvalue weighted by molar-refractivity contribution is 6.29. The fourth-order valence-electron chi connectivity index (χ4n) is 0.658. The number of aromatic nitrogens is 2. The Labute approximate surface area is 70.7 Å². The number of aryl methyl sites for hydroxylation is 1. The van der Waals surface area contributed by atoms with Crippen molar-refractivity contribution >= 4 is 17.7 Å². The highest BCUT2D eigenvalue weighted by Gasteiger charge is 1.93. The van der Waals surface area contributed by atoms with Crippen LogP contribution in [0.2, 0.25) is 5.15 Å². The highest BCUT2D eigenvalue weighted by Crippen LogP contribution is 2.06. The fourth-order valence-corrected chi connectivity index (χ4v) is 0.892. The molecule has 4 heteroatoms. The van der Waals surface area contributed by atoms with Gasteiger partial charge in [0.2, 0.25) is 0 Å². The summed E-state index contributed by atoms with van der Waals surface area (Å²) in [6, 6.07) is 1.67. The summed E-state index contributed by atoms with van der Waals surface area (Å²) >= 11 is 5.63. The van der Waals surface area contributed by atoms with Crippen LogP contribution < -0.4 is 6.15 Å². The van der Waals surface area contributed by atoms with Gasteiger partial charge in [0.1, 0.15) is 11.0 Å². The van der Waals surface area contributed by atoms with E-state index in [-0.39, 0.29) is 6.15 Å². The molecule has 0 spiro atoms. The Morgan fingerprint density at radius 1 is 1.55 bits per heavy atom. The molecule has 3 nitrogen and oxygen atoms in total. The average Bonchev–Trinajstić information content (AvgIpc) is 1.85. The number of hydrogen-bond donors (Lipinski definition) is 1. The minimum absolute atomic E-state index is 0. The van der Waals surface area contributed by atoms with Gasteiger partial charge in [0.15, 0.2) is 0 Å². The molecule has 0 radical (unpaired) electrons. The summed E-state index contributed by atoms with van der Waals surface area (Å²) in [6.07, 6.45) is 1.64. The van der Waals surface area contributed by atoms with Crippen molar-refractivity contribution in [3.63, 3.8) is 0 Å². The zero-order chi connectivity index (χ0) is 7.56. The maximum Gasteiger partial charge on any atom is 0.133 e. The van der Waals surface area contributed by atoms with E-state index >= 15 is 0 Å². The van der Waals surface area contributed by atoms with Crippen LogP contribution in [-0.2, 0) is 0 Å². The molecule has 0 aliphatic heterocycles. The first-order valence-corrected chi connectivity index (χ1v) is 3.24. The normalized spacial score (nSPS) is 8.55. The van der Waals surface area contributed by atoms with Gasteiger partial charge >= 0.3 is 0 Å². The van der Waals surface area contributed by atoms with Crippen LogP contribution in [0.15, 0.2) is 12.6 Å². The van der Waals surface area contributed by atoms with E-state index in [1.165, 1.54) is 0 Å². The van der Waals surface area contributed by atoms with Gasteiger partial charge in [0.25, 0.3) is 0 Å². The molecule has 0 saturated heterocycles. The van der Waals surface area contributed by atoms with Gasteiger partial charge in [-0.1, -0.05) is 18.2 Å². The lowest BCUT2D eigenvalue weighted by Crippen LogP contribution is -1.89. The zero-order valence-corrected chi connectivity index (χ0v) is 7.10. The van der Waals surface area contributed by atoms with Gasteiger partial charge in [-0.15, -0.1) is 0 Å². The summed E-state index contributed by atoms with van der Waals surface area (Å²) < 4.78 is 0. The summed E-state index contributed by atoms with van der Waals surface area (Å²) in [6.45, 7) is 5.35. The molecule has 3 N–H and O–H groups in total. The first-order valence-electron chi connectivity index (χ1n) is 2.86. The molecule has 1 heterocycles. The van der Waals surface area contributed by atoms with Gasteiger partial charge < -0.3 is 6.15 Å². The van der Waals surface area contributed by atoms with Crippen molar-refractivity contribution in [2.45, 2.75) is 6.92 Å². The number of rotatable bonds is 1. The van der Waals surface area contributed by atoms with E-state index in [0.29, 0.717) is 11.0 Å². The monoisotopic (exact) mass is 171 g/mol. The van der Waals surface area contributed by atoms with E-state index in [0.717, 1.165) is 5.69 Å². The van der Waals surface area contributed by atoms with Crippen LogP contribution in [0.4, 0.5) is 0 Å². The van der Waals surface area contributed by atoms with Gasteiger partial charge in [-0.3, -0.25) is 0 Å². The first-order chi connectivity index (χ1) is 4.72. The highest BCUT2D eigenvalue weighted by atomic mass is 35.5. The predicted octanol–water partition coefficient (Wildman–Crippen LogP) is 2.24. The zero-order valence-electron chi connectivity index (χ0n) is 6.34. The molecule has 1 aromatic rings. The lowest BCUT2D eigenvalue weighted by Gasteiger charge is -1.94. The molecule has 11 heavy (non-hydrogen) atoms. The predicted molar refractivity (Wildman–Crippen MR) is 46.9 cm³/mol. The molecule has 0 aliphatic rings. The molecule has 0 fully saturated rings. The maximum absolute atomic E-state index is 5.63. The number of nitrogens with zero attached hydrogens (tertiary/aromatic N) is 2. The van der Waals surface area contributed by atoms with Gasteiger partial charge in [-0.05, 0) is 13.0 Å². The molecule has 0 bridgehead atoms. The second kappa shape index (κ2) is 4.05. The fraction of sp³-hybridized carbons (Fsp3) is 0.143. The number of halogens is 1. The van der Waals surface area contributed by atoms with Crippen molar-refractivity contribution in [2.24, 2.45) is 0 Å². The average molecular weight is 172 g/mol. The summed E-state index contributed by atoms with van der Waals surface area (Å²) in [5.74, 6) is 0.669. The Kier molecular flexibility index (Phi) is 3.71. The van der Waals surface area contributed by atoms with Crippen molar-refractivity contribution in [3.05, 3.63) is 29.3 Å². The molecule has 0 unspecified atom stereocenters. The van der Waals surface area contributed by atoms with E-state index < -0.39 is 0 Å². The van der Waals surface area contributed by atoms with Crippen LogP contribution in [0.3, 0.4) is 0 Å². The lowest BCUT2D eigenvalue weighted by atomic mass is 10.4. The Morgan fingerprint density at radius 3 is 2.64 bits per heavy atom. The van der Waals surface area contributed by atoms with E-state index in [4.69, 9.17) is 11.6 Å². The third kappa shape index (κ3) is 2.65. The number of hydrogen-bond acceptors (Lipinski definition) is 3. The smallest absolute Gasteiger partial charge is 0.133 e. The molecular formula is C7H10ClN3. The Balaban J connectivity index is 0.000001000. The van der Waals surface area contributed by atoms with Crippen LogP contribution in [-0.4, -0.2) is 9.97 Å². The quantitative estimate of drug-likeness (QED) is 0.660. The van der Waals surface area contributed by atoms with Crippen molar-refractivity contribution < 1.29 is 0 Å². The standard InChI is InChI=1S/C7H7ClN2.H3N/c1-3-6-4-7(8)10-5(2)9-6;/h3-4H,1H2,2H3;1H3. The van der Waals surface area contributed by atoms with Crippen LogP contribution in [0.5, 0.6) is 0 Å². The summed E-state index contributed by atoms with van der Waals surface area (Å²) in [7, 11) is 0. The minimum Gasteiger partial charge on any atom is -0.344 e. The molecule has 60 valence electrons. The van der Waals surface area contributed by atoms with E-state index in [1.54, 1.807) is 19.1 Å². The molecule has 0 atom stereocenters. The Hall–Kier alpha value is -0.930. The largest absolute Gasteiger partial charge is 0.344 e. The van der Waals surface area contributed by atoms with E-state index in [1.807, 2.05) is 0 Å². The van der Waals surface area contributed by atoms with Gasteiger partial charge in [-0.2, -0.15) is 0 Å². The van der Waals surface area contributed by atoms with Gasteiger partial charge in [-0.25, -0.2) is 9.97 Å². The van der Waals surface area contributed by atoms with Gasteiger partial charge in [0.05, 0.1) is 5.69 Å². The van der Waals surface area contributed by atoms with Crippen LogP contribution in [0.1, 0.15) is 11.5 Å². The first kappa shape index (κ1) is 10.1. The third-order valence-corrected chi connectivity index (χ3v) is 1.23. The lowest BCUT2D eigenvalue weighted by molar-refractivity contribution is 1.04. The second-order valence-corrected chi connectivity index (χ2v) is 2.25. The Morgan fingerprint density at radius 2 is 2.18 bits per heavy atom. The minimum atomic E-state index is 0. The molecular weight excluding hydrogens is 162 g/mol. The van der Waals surface area contributed by atoms with E-state index in [9.17, 15) is 0 Å². The second-order valence-electron chi connectivity index (χ2n) is 1.87. The summed E-state index contributed by atoms with van der Waals surface area (Å²) in [5, 5.41) is 0.461.